The van der Waals surface area contributed by atoms with Gasteiger partial charge in [0.25, 0.3) is 11.8 Å². The van der Waals surface area contributed by atoms with Crippen LogP contribution >= 0.6 is 0 Å². The van der Waals surface area contributed by atoms with Gasteiger partial charge in [0.05, 0.1) is 17.7 Å². The predicted molar refractivity (Wildman–Crippen MR) is 75.7 cm³/mol. The number of ether oxygens (including phenoxy) is 1. The summed E-state index contributed by atoms with van der Waals surface area (Å²) in [6.45, 7) is 3.75. The second kappa shape index (κ2) is 5.78. The lowest BCUT2D eigenvalue weighted by molar-refractivity contribution is 0.0667. The number of rotatable bonds is 4. The smallest absolute Gasteiger partial charge is 0.404 e. The molecule has 0 bridgehead atoms. The molecule has 0 aliphatic carbocycles. The average molecular weight is 288 g/mol. The van der Waals surface area contributed by atoms with E-state index in [1.54, 1.807) is 38.1 Å². The molecular weight excluding hydrogens is 272 g/mol. The third-order valence-corrected chi connectivity index (χ3v) is 3.43. The van der Waals surface area contributed by atoms with Crippen LogP contribution in [0.2, 0.25) is 0 Å². The first-order chi connectivity index (χ1) is 9.91. The lowest BCUT2D eigenvalue weighted by atomic mass is 10.1. The van der Waals surface area contributed by atoms with Crippen LogP contribution in [0, 0.1) is 0 Å². The quantitative estimate of drug-likeness (QED) is 0.674. The number of hydrogen-bond acceptors (Lipinski definition) is 4. The minimum absolute atomic E-state index is 0.0460. The summed E-state index contributed by atoms with van der Waals surface area (Å²) in [6.07, 6.45) is -0.858. The van der Waals surface area contributed by atoms with Gasteiger partial charge in [0.2, 0.25) is 0 Å². The lowest BCUT2D eigenvalue weighted by Gasteiger charge is -2.16. The Bertz CT molecular complexity index is 614. The van der Waals surface area contributed by atoms with Gasteiger partial charge in [-0.2, -0.15) is 0 Å². The number of primary amides is 1. The van der Waals surface area contributed by atoms with Crippen LogP contribution in [0.3, 0.4) is 0 Å². The van der Waals surface area contributed by atoms with Crippen LogP contribution in [0.1, 0.15) is 34.6 Å². The van der Waals surface area contributed by atoms with E-state index in [1.165, 1.54) is 4.90 Å². The van der Waals surface area contributed by atoms with Crippen LogP contribution in [0.5, 0.6) is 0 Å². The van der Waals surface area contributed by atoms with E-state index in [4.69, 9.17) is 10.5 Å². The van der Waals surface area contributed by atoms with E-state index in [0.29, 0.717) is 11.1 Å². The Morgan fingerprint density at radius 1 is 1.10 bits per heavy atom. The summed E-state index contributed by atoms with van der Waals surface area (Å²) in [4.78, 5) is 36.2. The van der Waals surface area contributed by atoms with Crippen molar-refractivity contribution in [2.45, 2.75) is 13.8 Å². The van der Waals surface area contributed by atoms with E-state index in [0.717, 1.165) is 11.1 Å². The zero-order chi connectivity index (χ0) is 15.6. The van der Waals surface area contributed by atoms with Crippen molar-refractivity contribution < 1.29 is 19.1 Å². The van der Waals surface area contributed by atoms with Crippen LogP contribution < -0.4 is 5.73 Å². The lowest BCUT2D eigenvalue weighted by Crippen LogP contribution is -2.31. The monoisotopic (exact) mass is 288 g/mol. The fourth-order valence-corrected chi connectivity index (χ4v) is 2.06. The first-order valence-corrected chi connectivity index (χ1v) is 6.44. The SMILES string of the molecule is CC(COC(N)=O)=C(C)CN1C(=O)c2ccccc2C1=O. The van der Waals surface area contributed by atoms with Crippen molar-refractivity contribution in [3.8, 4) is 0 Å². The van der Waals surface area contributed by atoms with Gasteiger partial charge in [0.1, 0.15) is 6.61 Å². The number of nitrogens with two attached hydrogens (primary N) is 1. The number of benzene rings is 1. The number of imide groups is 1. The van der Waals surface area contributed by atoms with Gasteiger partial charge < -0.3 is 10.5 Å². The van der Waals surface area contributed by atoms with Crippen molar-refractivity contribution in [2.75, 3.05) is 13.2 Å². The third-order valence-electron chi connectivity index (χ3n) is 3.43. The van der Waals surface area contributed by atoms with E-state index in [9.17, 15) is 14.4 Å². The Hall–Kier alpha value is -2.63. The van der Waals surface area contributed by atoms with Gasteiger partial charge in [0.15, 0.2) is 0 Å². The van der Waals surface area contributed by atoms with Crippen LogP contribution in [0.15, 0.2) is 35.4 Å². The number of fused-ring (bicyclic) bond motifs is 1. The molecule has 0 fully saturated rings. The molecule has 0 atom stereocenters. The summed E-state index contributed by atoms with van der Waals surface area (Å²) in [5.41, 5.74) is 7.28. The van der Waals surface area contributed by atoms with Crippen molar-refractivity contribution in [3.05, 3.63) is 46.5 Å². The van der Waals surface area contributed by atoms with Gasteiger partial charge in [-0.05, 0) is 31.6 Å². The number of amides is 3. The highest BCUT2D eigenvalue weighted by Crippen LogP contribution is 2.23. The highest BCUT2D eigenvalue weighted by atomic mass is 16.5. The van der Waals surface area contributed by atoms with Crippen LogP contribution in [0.25, 0.3) is 0 Å². The minimum atomic E-state index is -0.858. The molecule has 0 aromatic heterocycles. The number of carbonyl (C=O) groups is 3. The number of nitrogens with zero attached hydrogens (tertiary/aromatic N) is 1. The summed E-state index contributed by atoms with van der Waals surface area (Å²) in [6, 6.07) is 6.72. The third kappa shape index (κ3) is 2.94. The molecule has 1 heterocycles. The molecule has 1 aliphatic rings. The van der Waals surface area contributed by atoms with Crippen molar-refractivity contribution in [2.24, 2.45) is 5.73 Å². The van der Waals surface area contributed by atoms with Gasteiger partial charge in [-0.3, -0.25) is 14.5 Å². The highest BCUT2D eigenvalue weighted by molar-refractivity contribution is 6.21. The highest BCUT2D eigenvalue weighted by Gasteiger charge is 2.35. The molecule has 1 aromatic carbocycles. The van der Waals surface area contributed by atoms with Gasteiger partial charge in [0, 0.05) is 0 Å². The Morgan fingerprint density at radius 3 is 2.10 bits per heavy atom. The maximum Gasteiger partial charge on any atom is 0.404 e. The topological polar surface area (TPSA) is 89.7 Å². The Morgan fingerprint density at radius 2 is 1.62 bits per heavy atom. The molecule has 0 spiro atoms. The molecule has 2 rings (SSSR count). The van der Waals surface area contributed by atoms with Crippen LogP contribution in [-0.4, -0.2) is 36.0 Å². The molecular formula is C15H16N2O4. The van der Waals surface area contributed by atoms with Gasteiger partial charge in [-0.15, -0.1) is 0 Å². The summed E-state index contributed by atoms with van der Waals surface area (Å²) >= 11 is 0. The number of carbonyl (C=O) groups excluding carboxylic acids is 3. The zero-order valence-corrected chi connectivity index (χ0v) is 11.9. The predicted octanol–water partition coefficient (Wildman–Crippen LogP) is 1.71. The Kier molecular flexibility index (Phi) is 4.07. The molecule has 0 radical (unpaired) electrons. The first-order valence-electron chi connectivity index (χ1n) is 6.44. The average Bonchev–Trinajstić information content (AvgIpc) is 2.70. The Labute approximate surface area is 122 Å². The van der Waals surface area contributed by atoms with E-state index in [2.05, 4.69) is 0 Å². The van der Waals surface area contributed by atoms with Gasteiger partial charge >= 0.3 is 6.09 Å². The second-order valence-corrected chi connectivity index (χ2v) is 4.91. The molecule has 1 aliphatic heterocycles. The summed E-state index contributed by atoms with van der Waals surface area (Å²) in [5.74, 6) is -0.614. The molecule has 21 heavy (non-hydrogen) atoms. The molecule has 0 saturated carbocycles. The molecule has 0 saturated heterocycles. The summed E-state index contributed by atoms with van der Waals surface area (Å²) in [7, 11) is 0. The van der Waals surface area contributed by atoms with E-state index in [1.807, 2.05) is 0 Å². The molecule has 6 heteroatoms. The van der Waals surface area contributed by atoms with Crippen molar-refractivity contribution in [1.29, 1.82) is 0 Å². The van der Waals surface area contributed by atoms with Crippen molar-refractivity contribution in [3.63, 3.8) is 0 Å². The molecule has 0 unspecified atom stereocenters. The van der Waals surface area contributed by atoms with Crippen LogP contribution in [0.4, 0.5) is 4.79 Å². The molecule has 110 valence electrons. The second-order valence-electron chi connectivity index (χ2n) is 4.91. The molecule has 1 aromatic rings. The molecule has 2 N–H and O–H groups in total. The maximum atomic E-state index is 12.2. The van der Waals surface area contributed by atoms with Gasteiger partial charge in [-0.1, -0.05) is 17.7 Å². The minimum Gasteiger partial charge on any atom is -0.445 e. The van der Waals surface area contributed by atoms with E-state index < -0.39 is 6.09 Å². The fraction of sp³-hybridized carbons (Fsp3) is 0.267. The Balaban J connectivity index is 2.14. The fourth-order valence-electron chi connectivity index (χ4n) is 2.06. The largest absolute Gasteiger partial charge is 0.445 e. The van der Waals surface area contributed by atoms with E-state index in [-0.39, 0.29) is 25.0 Å². The number of hydrogen-bond donors (Lipinski definition) is 1. The zero-order valence-electron chi connectivity index (χ0n) is 11.9. The van der Waals surface area contributed by atoms with Crippen molar-refractivity contribution in [1.82, 2.24) is 4.90 Å². The normalized spacial score (nSPS) is 14.9. The summed E-state index contributed by atoms with van der Waals surface area (Å²) in [5, 5.41) is 0. The van der Waals surface area contributed by atoms with E-state index >= 15 is 0 Å². The first kappa shape index (κ1) is 14.8. The maximum absolute atomic E-state index is 12.2. The standard InChI is InChI=1S/C15H16N2O4/c1-9(10(2)8-21-15(16)20)7-17-13(18)11-5-3-4-6-12(11)14(17)19/h3-6H,7-8H2,1-2H3,(H2,16,20). The van der Waals surface area contributed by atoms with Crippen LogP contribution in [-0.2, 0) is 4.74 Å². The summed E-state index contributed by atoms with van der Waals surface area (Å²) < 4.78 is 4.70. The van der Waals surface area contributed by atoms with Crippen molar-refractivity contribution >= 4 is 17.9 Å². The molecule has 3 amide bonds. The molecule has 6 nitrogen and oxygen atoms in total. The van der Waals surface area contributed by atoms with Gasteiger partial charge in [-0.25, -0.2) is 4.79 Å².